The number of nitrogens with two attached hydrogens (primary N) is 1. The monoisotopic (exact) mass is 629 g/mol. The van der Waals surface area contributed by atoms with E-state index in [9.17, 15) is 14.7 Å². The highest BCUT2D eigenvalue weighted by Gasteiger charge is 2.32. The third kappa shape index (κ3) is 9.18. The summed E-state index contributed by atoms with van der Waals surface area (Å²) in [6.45, 7) is -0.00873. The molecular formula is C34H39N5O5S. The van der Waals surface area contributed by atoms with Crippen molar-refractivity contribution >= 4 is 40.6 Å². The molecule has 1 fully saturated rings. The number of benzene rings is 3. The Morgan fingerprint density at radius 3 is 2.31 bits per heavy atom. The number of para-hydroxylation sites is 2. The molecule has 0 spiro atoms. The SMILES string of the molecule is Cn1ccnc1SCC1CC(c2ccc(CO)cc2)OC(c2ccc(NC(=O)CCCCC(=O)Nc3ccccc3N)cc2)O1. The molecule has 4 aromatic rings. The van der Waals surface area contributed by atoms with Gasteiger partial charge in [0.25, 0.3) is 0 Å². The Kier molecular flexibility index (Phi) is 11.3. The number of aryl methyl sites for hydroxylation is 1. The lowest BCUT2D eigenvalue weighted by molar-refractivity contribution is -0.245. The number of thioether (sulfide) groups is 1. The fourth-order valence-electron chi connectivity index (χ4n) is 5.02. The topological polar surface area (TPSA) is 141 Å². The van der Waals surface area contributed by atoms with Gasteiger partial charge in [-0.1, -0.05) is 60.3 Å². The van der Waals surface area contributed by atoms with Crippen LogP contribution < -0.4 is 16.4 Å². The Morgan fingerprint density at radius 2 is 1.64 bits per heavy atom. The highest BCUT2D eigenvalue weighted by molar-refractivity contribution is 7.99. The van der Waals surface area contributed by atoms with Gasteiger partial charge in [0.1, 0.15) is 0 Å². The summed E-state index contributed by atoms with van der Waals surface area (Å²) < 4.78 is 14.8. The molecule has 0 saturated carbocycles. The van der Waals surface area contributed by atoms with Crippen molar-refractivity contribution < 1.29 is 24.2 Å². The van der Waals surface area contributed by atoms with E-state index >= 15 is 0 Å². The highest BCUT2D eigenvalue weighted by atomic mass is 32.2. The van der Waals surface area contributed by atoms with Crippen LogP contribution in [0.15, 0.2) is 90.3 Å². The second-order valence-electron chi connectivity index (χ2n) is 11.0. The number of amides is 2. The Bertz CT molecular complexity index is 1560. The van der Waals surface area contributed by atoms with Gasteiger partial charge < -0.3 is 35.5 Å². The van der Waals surface area contributed by atoms with E-state index < -0.39 is 6.29 Å². The summed E-state index contributed by atoms with van der Waals surface area (Å²) in [6.07, 6.45) is 5.32. The lowest BCUT2D eigenvalue weighted by Gasteiger charge is -2.36. The summed E-state index contributed by atoms with van der Waals surface area (Å²) in [5, 5.41) is 16.1. The van der Waals surface area contributed by atoms with Crippen molar-refractivity contribution in [3.05, 3.63) is 102 Å². The van der Waals surface area contributed by atoms with Gasteiger partial charge in [0.05, 0.1) is 30.2 Å². The fourth-order valence-corrected chi connectivity index (χ4v) is 5.97. The largest absolute Gasteiger partial charge is 0.397 e. The summed E-state index contributed by atoms with van der Waals surface area (Å²) >= 11 is 1.64. The molecule has 236 valence electrons. The molecule has 3 atom stereocenters. The van der Waals surface area contributed by atoms with E-state index in [2.05, 4.69) is 15.6 Å². The van der Waals surface area contributed by atoms with Gasteiger partial charge in [-0.25, -0.2) is 4.98 Å². The van der Waals surface area contributed by atoms with Crippen LogP contribution in [0, 0.1) is 0 Å². The molecule has 11 heteroatoms. The van der Waals surface area contributed by atoms with Gasteiger partial charge >= 0.3 is 0 Å². The van der Waals surface area contributed by atoms with Crippen LogP contribution in [0.5, 0.6) is 0 Å². The van der Waals surface area contributed by atoms with Crippen LogP contribution in [0.2, 0.25) is 0 Å². The summed E-state index contributed by atoms with van der Waals surface area (Å²) in [6, 6.07) is 22.4. The number of anilines is 3. The molecule has 5 N–H and O–H groups in total. The van der Waals surface area contributed by atoms with E-state index in [4.69, 9.17) is 15.2 Å². The molecule has 2 heterocycles. The van der Waals surface area contributed by atoms with Gasteiger partial charge in [0.2, 0.25) is 11.8 Å². The van der Waals surface area contributed by atoms with Crippen molar-refractivity contribution in [3.8, 4) is 0 Å². The molecule has 45 heavy (non-hydrogen) atoms. The molecule has 0 radical (unpaired) electrons. The zero-order valence-electron chi connectivity index (χ0n) is 25.2. The van der Waals surface area contributed by atoms with Gasteiger partial charge in [0.15, 0.2) is 11.4 Å². The number of aromatic nitrogens is 2. The minimum Gasteiger partial charge on any atom is -0.397 e. The first-order valence-electron chi connectivity index (χ1n) is 15.0. The van der Waals surface area contributed by atoms with E-state index in [0.29, 0.717) is 54.9 Å². The number of nitrogens with one attached hydrogen (secondary N) is 2. The number of imidazole rings is 1. The first-order valence-corrected chi connectivity index (χ1v) is 16.0. The fraction of sp³-hybridized carbons (Fsp3) is 0.324. The summed E-state index contributed by atoms with van der Waals surface area (Å²) in [5.41, 5.74) is 10.4. The van der Waals surface area contributed by atoms with Crippen molar-refractivity contribution in [2.75, 3.05) is 22.1 Å². The zero-order valence-corrected chi connectivity index (χ0v) is 26.0. The standard InChI is InChI=1S/C34H39N5O5S/c1-39-19-18-36-34(39)45-22-27-20-30(24-12-10-23(21-40)11-13-24)44-33(43-27)25-14-16-26(17-15-25)37-31(41)8-4-5-9-32(42)38-29-7-3-2-6-28(29)35/h2-3,6-7,10-19,27,30,33,40H,4-5,8-9,20-22,35H2,1H3,(H,37,41)(H,38,42). The van der Waals surface area contributed by atoms with Gasteiger partial charge in [-0.05, 0) is 48.2 Å². The summed E-state index contributed by atoms with van der Waals surface area (Å²) in [5.74, 6) is 0.475. The number of aliphatic hydroxyl groups excluding tert-OH is 1. The molecule has 0 aliphatic carbocycles. The van der Waals surface area contributed by atoms with Crippen molar-refractivity contribution in [2.45, 2.75) is 62.4 Å². The molecule has 1 aromatic heterocycles. The Labute approximate surface area is 267 Å². The quantitative estimate of drug-likeness (QED) is 0.0806. The van der Waals surface area contributed by atoms with Crippen LogP contribution in [0.4, 0.5) is 17.1 Å². The first-order chi connectivity index (χ1) is 21.9. The van der Waals surface area contributed by atoms with E-state index in [0.717, 1.165) is 21.8 Å². The maximum atomic E-state index is 12.6. The number of rotatable bonds is 13. The number of nitrogens with zero attached hydrogens (tertiary/aromatic N) is 2. The molecular weight excluding hydrogens is 590 g/mol. The number of aliphatic hydroxyl groups is 1. The number of ether oxygens (including phenoxy) is 2. The van der Waals surface area contributed by atoms with E-state index in [-0.39, 0.29) is 30.6 Å². The maximum Gasteiger partial charge on any atom is 0.224 e. The van der Waals surface area contributed by atoms with Crippen LogP contribution in [-0.2, 0) is 32.7 Å². The Balaban J connectivity index is 1.13. The summed E-state index contributed by atoms with van der Waals surface area (Å²) in [7, 11) is 1.97. The molecule has 1 aliphatic rings. The van der Waals surface area contributed by atoms with E-state index in [1.54, 1.807) is 30.1 Å². The molecule has 1 aliphatic heterocycles. The van der Waals surface area contributed by atoms with Gasteiger partial charge in [-0.2, -0.15) is 0 Å². The predicted molar refractivity (Wildman–Crippen MR) is 175 cm³/mol. The molecule has 3 aromatic carbocycles. The molecule has 2 amide bonds. The molecule has 1 saturated heterocycles. The third-order valence-corrected chi connectivity index (χ3v) is 8.74. The molecule has 3 unspecified atom stereocenters. The highest BCUT2D eigenvalue weighted by Crippen LogP contribution is 2.39. The number of hydrogen-bond acceptors (Lipinski definition) is 8. The minimum absolute atomic E-state index is 0.00873. The van der Waals surface area contributed by atoms with Crippen LogP contribution in [0.3, 0.4) is 0 Å². The summed E-state index contributed by atoms with van der Waals surface area (Å²) in [4.78, 5) is 29.2. The minimum atomic E-state index is -0.588. The van der Waals surface area contributed by atoms with Crippen molar-refractivity contribution in [1.82, 2.24) is 9.55 Å². The molecule has 5 rings (SSSR count). The van der Waals surface area contributed by atoms with Gasteiger partial charge in [-0.15, -0.1) is 0 Å². The van der Waals surface area contributed by atoms with Crippen LogP contribution >= 0.6 is 11.8 Å². The smallest absolute Gasteiger partial charge is 0.224 e. The van der Waals surface area contributed by atoms with Crippen LogP contribution in [0.1, 0.15) is 61.2 Å². The number of nitrogen functional groups attached to an aromatic ring is 1. The number of carbonyl (C=O) groups excluding carboxylic acids is 2. The van der Waals surface area contributed by atoms with Crippen molar-refractivity contribution in [3.63, 3.8) is 0 Å². The molecule has 10 nitrogen and oxygen atoms in total. The van der Waals surface area contributed by atoms with Crippen molar-refractivity contribution in [2.24, 2.45) is 7.05 Å². The van der Waals surface area contributed by atoms with Crippen LogP contribution in [0.25, 0.3) is 0 Å². The van der Waals surface area contributed by atoms with E-state index in [1.807, 2.05) is 78.5 Å². The lowest BCUT2D eigenvalue weighted by Crippen LogP contribution is -2.31. The normalized spacial score (nSPS) is 18.0. The van der Waals surface area contributed by atoms with Crippen molar-refractivity contribution in [1.29, 1.82) is 0 Å². The van der Waals surface area contributed by atoms with Crippen LogP contribution in [-0.4, -0.2) is 38.3 Å². The predicted octanol–water partition coefficient (Wildman–Crippen LogP) is 5.97. The number of carbonyl (C=O) groups is 2. The lowest BCUT2D eigenvalue weighted by atomic mass is 10.0. The zero-order chi connectivity index (χ0) is 31.6. The van der Waals surface area contributed by atoms with Gasteiger partial charge in [-0.3, -0.25) is 9.59 Å². The third-order valence-electron chi connectivity index (χ3n) is 7.55. The average Bonchev–Trinajstić information content (AvgIpc) is 3.47. The number of hydrogen-bond donors (Lipinski definition) is 4. The first kappa shape index (κ1) is 32.2. The second-order valence-corrected chi connectivity index (χ2v) is 12.0. The van der Waals surface area contributed by atoms with Gasteiger partial charge in [0, 0.05) is 55.7 Å². The molecule has 0 bridgehead atoms. The maximum absolute atomic E-state index is 12.6. The average molecular weight is 630 g/mol. The van der Waals surface area contributed by atoms with E-state index in [1.165, 1.54) is 0 Å². The second kappa shape index (κ2) is 15.7. The Morgan fingerprint density at radius 1 is 0.956 bits per heavy atom. The number of unbranched alkanes of at least 4 members (excludes halogenated alkanes) is 1. The Hall–Kier alpha value is -4.16.